The number of ether oxygens (including phenoxy) is 1. The second-order valence-electron chi connectivity index (χ2n) is 8.39. The number of hydrogen-bond donors (Lipinski definition) is 2. The van der Waals surface area contributed by atoms with Crippen LogP contribution in [0.5, 0.6) is 0 Å². The lowest BCUT2D eigenvalue weighted by atomic mass is 10.1. The molecule has 30 heavy (non-hydrogen) atoms. The number of hydrogen-bond acceptors (Lipinski definition) is 3. The van der Waals surface area contributed by atoms with Crippen LogP contribution in [-0.2, 0) is 11.3 Å². The summed E-state index contributed by atoms with van der Waals surface area (Å²) in [6.07, 6.45) is 11.6. The number of aliphatic imine (C=N–C) groups is 1. The number of nitrogens with one attached hydrogen (secondary N) is 2. The monoisotopic (exact) mass is 414 g/mol. The number of carbonyl (C=O) groups excluding carboxylic acids is 1. The van der Waals surface area contributed by atoms with Gasteiger partial charge in [-0.2, -0.15) is 0 Å². The summed E-state index contributed by atoms with van der Waals surface area (Å²) < 4.78 is 6.02. The lowest BCUT2D eigenvalue weighted by molar-refractivity contribution is 0.0468. The van der Waals surface area contributed by atoms with Crippen molar-refractivity contribution in [2.75, 3.05) is 33.3 Å². The van der Waals surface area contributed by atoms with Crippen LogP contribution in [0.3, 0.4) is 0 Å². The normalized spacial score (nSPS) is 18.7. The first-order valence-electron chi connectivity index (χ1n) is 11.7. The average Bonchev–Trinajstić information content (AvgIpc) is 3.08. The maximum atomic E-state index is 12.6. The van der Waals surface area contributed by atoms with E-state index in [2.05, 4.69) is 15.6 Å². The van der Waals surface area contributed by atoms with Gasteiger partial charge >= 0.3 is 0 Å². The zero-order valence-electron chi connectivity index (χ0n) is 18.5. The molecule has 1 amide bonds. The fourth-order valence-electron chi connectivity index (χ4n) is 4.25. The Hall–Kier alpha value is -2.08. The molecule has 6 heteroatoms. The van der Waals surface area contributed by atoms with Gasteiger partial charge in [-0.25, -0.2) is 0 Å². The summed E-state index contributed by atoms with van der Waals surface area (Å²) in [4.78, 5) is 18.8. The molecular formula is C24H38N4O2. The lowest BCUT2D eigenvalue weighted by Crippen LogP contribution is -2.39. The van der Waals surface area contributed by atoms with Crippen LogP contribution in [0.4, 0.5) is 0 Å². The van der Waals surface area contributed by atoms with E-state index in [0.717, 1.165) is 49.6 Å². The van der Waals surface area contributed by atoms with Crippen molar-refractivity contribution in [3.05, 3.63) is 35.4 Å². The van der Waals surface area contributed by atoms with Gasteiger partial charge in [0.2, 0.25) is 0 Å². The topological polar surface area (TPSA) is 66.0 Å². The van der Waals surface area contributed by atoms with Gasteiger partial charge < -0.3 is 20.3 Å². The molecule has 0 bridgehead atoms. The standard InChI is InChI=1S/C24H38N4O2/c1-25-24(26-15-18-30-22-9-5-2-3-6-10-22)27-19-20-11-13-21(14-12-20)23(29)28-16-7-4-8-17-28/h11-14,22H,2-10,15-19H2,1H3,(H2,25,26,27). The van der Waals surface area contributed by atoms with Gasteiger partial charge in [-0.3, -0.25) is 9.79 Å². The Morgan fingerprint density at radius 1 is 1.00 bits per heavy atom. The SMILES string of the molecule is CN=C(NCCOC1CCCCCC1)NCc1ccc(C(=O)N2CCCCC2)cc1. The molecule has 2 N–H and O–H groups in total. The van der Waals surface area contributed by atoms with Crippen molar-refractivity contribution in [3.8, 4) is 0 Å². The van der Waals surface area contributed by atoms with E-state index >= 15 is 0 Å². The summed E-state index contributed by atoms with van der Waals surface area (Å²) >= 11 is 0. The molecule has 1 saturated carbocycles. The zero-order chi connectivity index (χ0) is 21.0. The number of piperidine rings is 1. The largest absolute Gasteiger partial charge is 0.376 e. The number of amides is 1. The van der Waals surface area contributed by atoms with Gasteiger partial charge in [-0.1, -0.05) is 37.8 Å². The minimum atomic E-state index is 0.153. The Bertz CT molecular complexity index is 660. The minimum absolute atomic E-state index is 0.153. The second kappa shape index (κ2) is 12.6. The van der Waals surface area contributed by atoms with Crippen molar-refractivity contribution in [1.29, 1.82) is 0 Å². The molecule has 1 aromatic carbocycles. The molecular weight excluding hydrogens is 376 g/mol. The highest BCUT2D eigenvalue weighted by Gasteiger charge is 2.18. The molecule has 1 saturated heterocycles. The summed E-state index contributed by atoms with van der Waals surface area (Å²) in [5.41, 5.74) is 1.90. The number of nitrogens with zero attached hydrogens (tertiary/aromatic N) is 2. The molecule has 166 valence electrons. The molecule has 1 aliphatic carbocycles. The van der Waals surface area contributed by atoms with E-state index < -0.39 is 0 Å². The Kier molecular flexibility index (Phi) is 9.48. The highest BCUT2D eigenvalue weighted by molar-refractivity contribution is 5.94. The zero-order valence-corrected chi connectivity index (χ0v) is 18.5. The van der Waals surface area contributed by atoms with Crippen LogP contribution in [0.15, 0.2) is 29.3 Å². The maximum Gasteiger partial charge on any atom is 0.253 e. The summed E-state index contributed by atoms with van der Waals surface area (Å²) in [6.45, 7) is 3.89. The summed E-state index contributed by atoms with van der Waals surface area (Å²) in [6, 6.07) is 7.91. The predicted octanol–water partition coefficient (Wildman–Crippen LogP) is 3.72. The van der Waals surface area contributed by atoms with E-state index in [4.69, 9.17) is 4.74 Å². The van der Waals surface area contributed by atoms with Crippen LogP contribution in [0, 0.1) is 0 Å². The van der Waals surface area contributed by atoms with E-state index in [-0.39, 0.29) is 5.91 Å². The van der Waals surface area contributed by atoms with Crippen LogP contribution in [0.25, 0.3) is 0 Å². The summed E-state index contributed by atoms with van der Waals surface area (Å²) in [5, 5.41) is 6.65. The Morgan fingerprint density at radius 3 is 2.33 bits per heavy atom. The molecule has 2 aliphatic rings. The van der Waals surface area contributed by atoms with E-state index in [1.807, 2.05) is 29.2 Å². The molecule has 6 nitrogen and oxygen atoms in total. The smallest absolute Gasteiger partial charge is 0.253 e. The minimum Gasteiger partial charge on any atom is -0.376 e. The first-order chi connectivity index (χ1) is 14.8. The third-order valence-corrected chi connectivity index (χ3v) is 6.08. The fourth-order valence-corrected chi connectivity index (χ4v) is 4.25. The molecule has 1 aliphatic heterocycles. The Balaban J connectivity index is 1.36. The van der Waals surface area contributed by atoms with E-state index in [1.54, 1.807) is 7.05 Å². The van der Waals surface area contributed by atoms with Gasteiger partial charge in [0.1, 0.15) is 0 Å². The third-order valence-electron chi connectivity index (χ3n) is 6.08. The molecule has 1 aromatic rings. The number of likely N-dealkylation sites (tertiary alicyclic amines) is 1. The van der Waals surface area contributed by atoms with Crippen molar-refractivity contribution in [1.82, 2.24) is 15.5 Å². The quantitative estimate of drug-likeness (QED) is 0.309. The number of rotatable bonds is 7. The van der Waals surface area contributed by atoms with Gasteiger partial charge in [-0.15, -0.1) is 0 Å². The molecule has 0 aromatic heterocycles. The van der Waals surface area contributed by atoms with Crippen molar-refractivity contribution in [2.45, 2.75) is 70.4 Å². The number of guanidine groups is 1. The number of carbonyl (C=O) groups is 1. The highest BCUT2D eigenvalue weighted by Crippen LogP contribution is 2.19. The molecule has 0 radical (unpaired) electrons. The number of benzene rings is 1. The van der Waals surface area contributed by atoms with Crippen LogP contribution >= 0.6 is 0 Å². The van der Waals surface area contributed by atoms with Crippen molar-refractivity contribution in [2.24, 2.45) is 4.99 Å². The van der Waals surface area contributed by atoms with Gasteiger partial charge in [-0.05, 0) is 49.8 Å². The fraction of sp³-hybridized carbons (Fsp3) is 0.667. The van der Waals surface area contributed by atoms with Crippen LogP contribution in [0.1, 0.15) is 73.7 Å². The van der Waals surface area contributed by atoms with E-state index in [9.17, 15) is 4.79 Å². The van der Waals surface area contributed by atoms with Crippen molar-refractivity contribution in [3.63, 3.8) is 0 Å². The summed E-state index contributed by atoms with van der Waals surface area (Å²) in [5.74, 6) is 0.924. The van der Waals surface area contributed by atoms with Crippen LogP contribution < -0.4 is 10.6 Å². The highest BCUT2D eigenvalue weighted by atomic mass is 16.5. The van der Waals surface area contributed by atoms with Gasteiger partial charge in [0, 0.05) is 38.8 Å². The molecule has 0 unspecified atom stereocenters. The van der Waals surface area contributed by atoms with Gasteiger partial charge in [0.05, 0.1) is 12.7 Å². The molecule has 3 rings (SSSR count). The van der Waals surface area contributed by atoms with Crippen molar-refractivity contribution >= 4 is 11.9 Å². The molecule has 0 spiro atoms. The van der Waals surface area contributed by atoms with Gasteiger partial charge in [0.25, 0.3) is 5.91 Å². The molecule has 1 heterocycles. The second-order valence-corrected chi connectivity index (χ2v) is 8.39. The van der Waals surface area contributed by atoms with E-state index in [1.165, 1.54) is 44.9 Å². The maximum absolute atomic E-state index is 12.6. The van der Waals surface area contributed by atoms with E-state index in [0.29, 0.717) is 19.3 Å². The predicted molar refractivity (Wildman–Crippen MR) is 122 cm³/mol. The van der Waals surface area contributed by atoms with Crippen LogP contribution in [-0.4, -0.2) is 56.2 Å². The van der Waals surface area contributed by atoms with Gasteiger partial charge in [0.15, 0.2) is 5.96 Å². The average molecular weight is 415 g/mol. The van der Waals surface area contributed by atoms with Crippen LogP contribution in [0.2, 0.25) is 0 Å². The third kappa shape index (κ3) is 7.31. The lowest BCUT2D eigenvalue weighted by Gasteiger charge is -2.26. The molecule has 0 atom stereocenters. The first-order valence-corrected chi connectivity index (χ1v) is 11.7. The molecule has 2 fully saturated rings. The first kappa shape index (κ1) is 22.6. The Morgan fingerprint density at radius 2 is 1.67 bits per heavy atom. The Labute approximate surface area is 181 Å². The summed E-state index contributed by atoms with van der Waals surface area (Å²) in [7, 11) is 1.78. The van der Waals surface area contributed by atoms with Crippen molar-refractivity contribution < 1.29 is 9.53 Å².